The number of carbonyl (C=O) groups excluding carboxylic acids is 1. The van der Waals surface area contributed by atoms with Crippen molar-refractivity contribution in [2.75, 3.05) is 26.0 Å². The van der Waals surface area contributed by atoms with Crippen LogP contribution in [0.5, 0.6) is 0 Å². The highest BCUT2D eigenvalue weighted by molar-refractivity contribution is 5.74. The molecular formula is C23H32FN3O2. The average molecular weight is 402 g/mol. The third kappa shape index (κ3) is 7.15. The number of hydrogen-bond donors (Lipinski definition) is 2. The molecule has 0 saturated carbocycles. The molecule has 0 aromatic heterocycles. The van der Waals surface area contributed by atoms with Crippen LogP contribution in [-0.2, 0) is 16.8 Å². The van der Waals surface area contributed by atoms with Crippen LogP contribution in [0.1, 0.15) is 44.7 Å². The third-order valence-corrected chi connectivity index (χ3v) is 4.64. The van der Waals surface area contributed by atoms with E-state index in [1.54, 1.807) is 6.07 Å². The van der Waals surface area contributed by atoms with Crippen LogP contribution in [-0.4, -0.2) is 41.7 Å². The molecule has 0 atom stereocenters. The van der Waals surface area contributed by atoms with Gasteiger partial charge in [0.05, 0.1) is 6.54 Å². The molecule has 1 amide bonds. The van der Waals surface area contributed by atoms with Gasteiger partial charge in [0.25, 0.3) is 0 Å². The lowest BCUT2D eigenvalue weighted by molar-refractivity contribution is -0.168. The zero-order chi connectivity index (χ0) is 21.6. The molecule has 0 fully saturated rings. The molecule has 2 aromatic carbocycles. The van der Waals surface area contributed by atoms with E-state index in [1.165, 1.54) is 6.07 Å². The monoisotopic (exact) mass is 401 g/mol. The van der Waals surface area contributed by atoms with Gasteiger partial charge in [-0.15, -0.1) is 0 Å². The summed E-state index contributed by atoms with van der Waals surface area (Å²) in [5, 5.41) is 13.9. The molecular weight excluding hydrogens is 369 g/mol. The van der Waals surface area contributed by atoms with Crippen LogP contribution in [0.15, 0.2) is 42.5 Å². The Balaban J connectivity index is 1.93. The summed E-state index contributed by atoms with van der Waals surface area (Å²) >= 11 is 0. The molecule has 0 aliphatic rings. The zero-order valence-corrected chi connectivity index (χ0v) is 18.0. The van der Waals surface area contributed by atoms with Gasteiger partial charge in [-0.3, -0.25) is 10.0 Å². The molecule has 5 nitrogen and oxygen atoms in total. The number of hydrogen-bond acceptors (Lipinski definition) is 4. The Morgan fingerprint density at radius 2 is 1.69 bits per heavy atom. The van der Waals surface area contributed by atoms with E-state index in [4.69, 9.17) is 0 Å². The third-order valence-electron chi connectivity index (χ3n) is 4.64. The van der Waals surface area contributed by atoms with Crippen molar-refractivity contribution in [1.29, 1.82) is 0 Å². The largest absolute Gasteiger partial charge is 0.355 e. The van der Waals surface area contributed by atoms with Crippen LogP contribution in [0.3, 0.4) is 0 Å². The molecule has 158 valence electrons. The standard InChI is InChI=1S/C23H32FN3O2/c1-23(2,3)20-13-12-19(15-21(20)24)25-18-10-8-17(9-11-18)16-27(29)22(28)7-6-14-26(4)5/h8-13,15,25,29H,6-7,14,16H2,1-5H3. The van der Waals surface area contributed by atoms with E-state index < -0.39 is 0 Å². The lowest BCUT2D eigenvalue weighted by Crippen LogP contribution is -2.27. The van der Waals surface area contributed by atoms with Crippen LogP contribution in [0, 0.1) is 5.82 Å². The highest BCUT2D eigenvalue weighted by Crippen LogP contribution is 2.28. The van der Waals surface area contributed by atoms with E-state index in [1.807, 2.05) is 70.1 Å². The van der Waals surface area contributed by atoms with E-state index >= 15 is 0 Å². The van der Waals surface area contributed by atoms with Gasteiger partial charge in [-0.05, 0) is 67.9 Å². The van der Waals surface area contributed by atoms with Gasteiger partial charge in [-0.25, -0.2) is 9.45 Å². The summed E-state index contributed by atoms with van der Waals surface area (Å²) in [6, 6.07) is 12.5. The second-order valence-electron chi connectivity index (χ2n) is 8.62. The predicted molar refractivity (Wildman–Crippen MR) is 115 cm³/mol. The van der Waals surface area contributed by atoms with Gasteiger partial charge >= 0.3 is 0 Å². The van der Waals surface area contributed by atoms with Gasteiger partial charge in [-0.1, -0.05) is 39.0 Å². The number of carbonyl (C=O) groups is 1. The number of halogens is 1. The van der Waals surface area contributed by atoms with Crippen LogP contribution in [0.4, 0.5) is 15.8 Å². The van der Waals surface area contributed by atoms with Crippen LogP contribution < -0.4 is 5.32 Å². The Morgan fingerprint density at radius 3 is 2.24 bits per heavy atom. The molecule has 0 spiro atoms. The molecule has 0 aliphatic heterocycles. The highest BCUT2D eigenvalue weighted by Gasteiger charge is 2.18. The Morgan fingerprint density at radius 1 is 1.07 bits per heavy atom. The van der Waals surface area contributed by atoms with Crippen molar-refractivity contribution in [3.63, 3.8) is 0 Å². The molecule has 0 aliphatic carbocycles. The second-order valence-corrected chi connectivity index (χ2v) is 8.62. The Labute approximate surface area is 173 Å². The second kappa shape index (κ2) is 9.85. The fourth-order valence-corrected chi connectivity index (χ4v) is 3.00. The molecule has 0 heterocycles. The van der Waals surface area contributed by atoms with Crippen molar-refractivity contribution in [3.05, 3.63) is 59.4 Å². The van der Waals surface area contributed by atoms with Gasteiger partial charge in [0.2, 0.25) is 5.91 Å². The highest BCUT2D eigenvalue weighted by atomic mass is 19.1. The summed E-state index contributed by atoms with van der Waals surface area (Å²) in [7, 11) is 3.90. The minimum Gasteiger partial charge on any atom is -0.355 e. The Kier molecular flexibility index (Phi) is 7.76. The SMILES string of the molecule is CN(C)CCCC(=O)N(O)Cc1ccc(Nc2ccc(C(C)(C)C)c(F)c2)cc1. The minimum atomic E-state index is -0.288. The van der Waals surface area contributed by atoms with Crippen molar-refractivity contribution < 1.29 is 14.4 Å². The topological polar surface area (TPSA) is 55.8 Å². The van der Waals surface area contributed by atoms with Crippen LogP contribution in [0.2, 0.25) is 0 Å². The number of nitrogens with one attached hydrogen (secondary N) is 1. The normalized spacial score (nSPS) is 11.6. The van der Waals surface area contributed by atoms with Crippen molar-refractivity contribution >= 4 is 17.3 Å². The summed E-state index contributed by atoms with van der Waals surface area (Å²) in [5.41, 5.74) is 2.72. The summed E-state index contributed by atoms with van der Waals surface area (Å²) in [4.78, 5) is 14.0. The maximum atomic E-state index is 14.4. The van der Waals surface area contributed by atoms with E-state index in [9.17, 15) is 14.4 Å². The Hall–Kier alpha value is -2.44. The first-order chi connectivity index (χ1) is 13.6. The van der Waals surface area contributed by atoms with Gasteiger partial charge in [0, 0.05) is 17.8 Å². The molecule has 0 saturated heterocycles. The van der Waals surface area contributed by atoms with Crippen molar-refractivity contribution in [2.24, 2.45) is 0 Å². The first-order valence-electron chi connectivity index (χ1n) is 9.86. The van der Waals surface area contributed by atoms with Crippen molar-refractivity contribution in [3.8, 4) is 0 Å². The number of amides is 1. The molecule has 2 N–H and O–H groups in total. The van der Waals surface area contributed by atoms with Crippen molar-refractivity contribution in [2.45, 2.75) is 45.6 Å². The lowest BCUT2D eigenvalue weighted by Gasteiger charge is -2.20. The van der Waals surface area contributed by atoms with Crippen LogP contribution in [0.25, 0.3) is 0 Å². The predicted octanol–water partition coefficient (Wildman–Crippen LogP) is 4.93. The van der Waals surface area contributed by atoms with E-state index in [0.717, 1.165) is 22.9 Å². The molecule has 2 aromatic rings. The molecule has 29 heavy (non-hydrogen) atoms. The smallest absolute Gasteiger partial charge is 0.246 e. The number of rotatable bonds is 8. The molecule has 6 heteroatoms. The first kappa shape index (κ1) is 22.8. The van der Waals surface area contributed by atoms with Gasteiger partial charge in [0.15, 0.2) is 0 Å². The quantitative estimate of drug-likeness (QED) is 0.487. The van der Waals surface area contributed by atoms with Gasteiger partial charge in [-0.2, -0.15) is 0 Å². The first-order valence-corrected chi connectivity index (χ1v) is 9.86. The summed E-state index contributed by atoms with van der Waals surface area (Å²) < 4.78 is 14.4. The van der Waals surface area contributed by atoms with Crippen molar-refractivity contribution in [1.82, 2.24) is 9.96 Å². The molecule has 0 bridgehead atoms. The summed E-state index contributed by atoms with van der Waals surface area (Å²) in [6.07, 6.45) is 1.01. The fraction of sp³-hybridized carbons (Fsp3) is 0.435. The van der Waals surface area contributed by atoms with E-state index in [-0.39, 0.29) is 23.7 Å². The zero-order valence-electron chi connectivity index (χ0n) is 18.0. The molecule has 0 radical (unpaired) electrons. The number of nitrogens with zero attached hydrogens (tertiary/aromatic N) is 2. The molecule has 2 rings (SSSR count). The van der Waals surface area contributed by atoms with Gasteiger partial charge in [0.1, 0.15) is 5.82 Å². The fourth-order valence-electron chi connectivity index (χ4n) is 3.00. The summed E-state index contributed by atoms with van der Waals surface area (Å²) in [6.45, 7) is 6.88. The van der Waals surface area contributed by atoms with Crippen LogP contribution >= 0.6 is 0 Å². The molecule has 0 unspecified atom stereocenters. The van der Waals surface area contributed by atoms with Gasteiger partial charge < -0.3 is 10.2 Å². The maximum absolute atomic E-state index is 14.4. The van der Waals surface area contributed by atoms with E-state index in [0.29, 0.717) is 24.1 Å². The van der Waals surface area contributed by atoms with E-state index in [2.05, 4.69) is 5.32 Å². The minimum absolute atomic E-state index is 0.135. The lowest BCUT2D eigenvalue weighted by atomic mass is 9.86. The number of benzene rings is 2. The average Bonchev–Trinajstić information content (AvgIpc) is 2.62. The maximum Gasteiger partial charge on any atom is 0.246 e. The summed E-state index contributed by atoms with van der Waals surface area (Å²) in [5.74, 6) is -0.522. The number of anilines is 2. The Bertz CT molecular complexity index is 814. The number of hydroxylamine groups is 2.